The summed E-state index contributed by atoms with van der Waals surface area (Å²) in [4.78, 5) is 16.4. The van der Waals surface area contributed by atoms with Gasteiger partial charge in [0.05, 0.1) is 13.0 Å². The zero-order chi connectivity index (χ0) is 17.1. The van der Waals surface area contributed by atoms with Crippen LogP contribution in [0, 0.1) is 5.92 Å². The van der Waals surface area contributed by atoms with Gasteiger partial charge < -0.3 is 9.26 Å². The van der Waals surface area contributed by atoms with Crippen LogP contribution in [0.4, 0.5) is 0 Å². The van der Waals surface area contributed by atoms with E-state index in [4.69, 9.17) is 9.26 Å². The minimum atomic E-state index is -0.101. The predicted molar refractivity (Wildman–Crippen MR) is 90.6 cm³/mol. The Labute approximate surface area is 142 Å². The molecule has 0 unspecified atom stereocenters. The molecule has 1 aliphatic rings. The molecule has 24 heavy (non-hydrogen) atoms. The zero-order valence-electron chi connectivity index (χ0n) is 14.5. The fourth-order valence-corrected chi connectivity index (χ4v) is 3.09. The molecule has 0 radical (unpaired) electrons. The van der Waals surface area contributed by atoms with Crippen LogP contribution >= 0.6 is 0 Å². The smallest absolute Gasteiger partial charge is 0.306 e. The summed E-state index contributed by atoms with van der Waals surface area (Å²) in [6.45, 7) is 6.57. The van der Waals surface area contributed by atoms with Gasteiger partial charge >= 0.3 is 5.97 Å². The number of rotatable bonds is 6. The molecule has 3 rings (SSSR count). The van der Waals surface area contributed by atoms with Crippen LogP contribution < -0.4 is 0 Å². The lowest BCUT2D eigenvalue weighted by Gasteiger charge is -2.12. The molecule has 1 atom stereocenters. The summed E-state index contributed by atoms with van der Waals surface area (Å²) in [5.74, 6) is 1.81. The lowest BCUT2D eigenvalue weighted by Crippen LogP contribution is -2.12. The first kappa shape index (κ1) is 16.7. The van der Waals surface area contributed by atoms with Gasteiger partial charge in [0.1, 0.15) is 0 Å². The molecule has 0 spiro atoms. The first-order valence-corrected chi connectivity index (χ1v) is 8.68. The Kier molecular flexibility index (Phi) is 4.97. The molecular formula is C19H24N2O3. The number of nitrogens with zero attached hydrogens (tertiary/aromatic N) is 2. The maximum absolute atomic E-state index is 12.0. The van der Waals surface area contributed by atoms with Crippen molar-refractivity contribution in [2.45, 2.75) is 52.4 Å². The van der Waals surface area contributed by atoms with Crippen molar-refractivity contribution in [3.63, 3.8) is 0 Å². The van der Waals surface area contributed by atoms with Gasteiger partial charge in [0.25, 0.3) is 0 Å². The van der Waals surface area contributed by atoms with Crippen molar-refractivity contribution < 1.29 is 14.1 Å². The summed E-state index contributed by atoms with van der Waals surface area (Å²) in [5, 5.41) is 4.03. The highest BCUT2D eigenvalue weighted by Crippen LogP contribution is 2.37. The van der Waals surface area contributed by atoms with Gasteiger partial charge in [-0.15, -0.1) is 0 Å². The topological polar surface area (TPSA) is 65.2 Å². The van der Waals surface area contributed by atoms with E-state index >= 15 is 0 Å². The van der Waals surface area contributed by atoms with Gasteiger partial charge in [-0.05, 0) is 41.9 Å². The highest BCUT2D eigenvalue weighted by Gasteiger charge is 2.26. The quantitative estimate of drug-likeness (QED) is 0.752. The number of hydrogen-bond donors (Lipinski definition) is 0. The van der Waals surface area contributed by atoms with Gasteiger partial charge in [-0.25, -0.2) is 0 Å². The summed E-state index contributed by atoms with van der Waals surface area (Å²) in [5.41, 5.74) is 3.50. The number of aryl methyl sites for hydroxylation is 2. The molecule has 0 aliphatic heterocycles. The molecule has 1 aliphatic carbocycles. The molecule has 0 amide bonds. The monoisotopic (exact) mass is 328 g/mol. The van der Waals surface area contributed by atoms with Crippen LogP contribution in [0.25, 0.3) is 11.4 Å². The number of hydrogen-bond acceptors (Lipinski definition) is 5. The minimum Gasteiger partial charge on any atom is -0.465 e. The molecule has 1 aromatic heterocycles. The van der Waals surface area contributed by atoms with Crippen molar-refractivity contribution >= 4 is 5.97 Å². The molecule has 0 fully saturated rings. The fraction of sp³-hybridized carbons (Fsp3) is 0.526. The summed E-state index contributed by atoms with van der Waals surface area (Å²) in [6, 6.07) is 6.24. The van der Waals surface area contributed by atoms with Gasteiger partial charge in [0.15, 0.2) is 0 Å². The maximum atomic E-state index is 12.0. The Morgan fingerprint density at radius 1 is 1.42 bits per heavy atom. The van der Waals surface area contributed by atoms with Crippen LogP contribution in [0.15, 0.2) is 22.7 Å². The van der Waals surface area contributed by atoms with Crippen LogP contribution in [0.3, 0.4) is 0 Å². The summed E-state index contributed by atoms with van der Waals surface area (Å²) >= 11 is 0. The molecule has 128 valence electrons. The third-order valence-corrected chi connectivity index (χ3v) is 4.36. The lowest BCUT2D eigenvalue weighted by atomic mass is 9.97. The second-order valence-corrected chi connectivity index (χ2v) is 6.80. The number of ether oxygens (including phenoxy) is 1. The van der Waals surface area contributed by atoms with Crippen molar-refractivity contribution in [2.75, 3.05) is 6.61 Å². The predicted octanol–water partition coefficient (Wildman–Crippen LogP) is 3.92. The molecular weight excluding hydrogens is 304 g/mol. The SMILES string of the molecule is CCc1nc(-c2ccc3c(c2)CC[C@H]3CC(=O)OCC(C)C)no1. The maximum Gasteiger partial charge on any atom is 0.306 e. The molecule has 0 N–H and O–H groups in total. The second-order valence-electron chi connectivity index (χ2n) is 6.80. The molecule has 5 heteroatoms. The van der Waals surface area contributed by atoms with E-state index in [2.05, 4.69) is 22.3 Å². The largest absolute Gasteiger partial charge is 0.465 e. The summed E-state index contributed by atoms with van der Waals surface area (Å²) in [6.07, 6.45) is 3.16. The van der Waals surface area contributed by atoms with Crippen LogP contribution in [0.1, 0.15) is 56.5 Å². The first-order chi connectivity index (χ1) is 11.6. The zero-order valence-corrected chi connectivity index (χ0v) is 14.5. The number of benzene rings is 1. The Balaban J connectivity index is 1.70. The summed E-state index contributed by atoms with van der Waals surface area (Å²) in [7, 11) is 0. The Morgan fingerprint density at radius 3 is 2.96 bits per heavy atom. The van der Waals surface area contributed by atoms with E-state index in [1.165, 1.54) is 11.1 Å². The van der Waals surface area contributed by atoms with Gasteiger partial charge in [0, 0.05) is 12.0 Å². The van der Waals surface area contributed by atoms with Gasteiger partial charge in [-0.2, -0.15) is 4.98 Å². The first-order valence-electron chi connectivity index (χ1n) is 8.68. The van der Waals surface area contributed by atoms with Crippen molar-refractivity contribution in [3.05, 3.63) is 35.2 Å². The van der Waals surface area contributed by atoms with E-state index in [1.807, 2.05) is 26.8 Å². The van der Waals surface area contributed by atoms with Gasteiger partial charge in [0.2, 0.25) is 11.7 Å². The van der Waals surface area contributed by atoms with Crippen LogP contribution in [0.2, 0.25) is 0 Å². The van der Waals surface area contributed by atoms with Crippen molar-refractivity contribution in [1.82, 2.24) is 10.1 Å². The Morgan fingerprint density at radius 2 is 2.25 bits per heavy atom. The van der Waals surface area contributed by atoms with Crippen molar-refractivity contribution in [1.29, 1.82) is 0 Å². The average Bonchev–Trinajstić information content (AvgIpc) is 3.19. The molecule has 5 nitrogen and oxygen atoms in total. The summed E-state index contributed by atoms with van der Waals surface area (Å²) < 4.78 is 10.5. The molecule has 0 saturated carbocycles. The van der Waals surface area contributed by atoms with Crippen molar-refractivity contribution in [3.8, 4) is 11.4 Å². The van der Waals surface area contributed by atoms with E-state index in [-0.39, 0.29) is 11.9 Å². The number of esters is 1. The van der Waals surface area contributed by atoms with E-state index in [0.29, 0.717) is 30.7 Å². The molecule has 1 aromatic carbocycles. The number of carbonyl (C=O) groups excluding carboxylic acids is 1. The normalized spacial score (nSPS) is 16.4. The standard InChI is InChI=1S/C19H24N2O3/c1-4-17-20-19(21-24-17)15-7-8-16-13(9-15)5-6-14(16)10-18(22)23-11-12(2)3/h7-9,12,14H,4-6,10-11H2,1-3H3/t14-/m0/s1. The van der Waals surface area contributed by atoms with Crippen LogP contribution in [0.5, 0.6) is 0 Å². The molecule has 0 bridgehead atoms. The van der Waals surface area contributed by atoms with E-state index < -0.39 is 0 Å². The van der Waals surface area contributed by atoms with Crippen LogP contribution in [-0.4, -0.2) is 22.7 Å². The van der Waals surface area contributed by atoms with E-state index in [1.54, 1.807) is 0 Å². The molecule has 1 heterocycles. The van der Waals surface area contributed by atoms with Gasteiger partial charge in [-0.1, -0.05) is 38.1 Å². The number of aromatic nitrogens is 2. The lowest BCUT2D eigenvalue weighted by molar-refractivity contribution is -0.145. The third kappa shape index (κ3) is 3.66. The highest BCUT2D eigenvalue weighted by molar-refractivity contribution is 5.71. The minimum absolute atomic E-state index is 0.101. The molecule has 2 aromatic rings. The van der Waals surface area contributed by atoms with Gasteiger partial charge in [-0.3, -0.25) is 4.79 Å². The second kappa shape index (κ2) is 7.16. The van der Waals surface area contributed by atoms with Crippen molar-refractivity contribution in [2.24, 2.45) is 5.92 Å². The third-order valence-electron chi connectivity index (χ3n) is 4.36. The Hall–Kier alpha value is -2.17. The fourth-order valence-electron chi connectivity index (χ4n) is 3.09. The van der Waals surface area contributed by atoms with E-state index in [9.17, 15) is 4.79 Å². The van der Waals surface area contributed by atoms with Crippen LogP contribution in [-0.2, 0) is 22.4 Å². The van der Waals surface area contributed by atoms with E-state index in [0.717, 1.165) is 24.8 Å². The average molecular weight is 328 g/mol. The number of carbonyl (C=O) groups is 1. The number of fused-ring (bicyclic) bond motifs is 1. The molecule has 0 saturated heterocycles. The Bertz CT molecular complexity index is 721. The highest BCUT2D eigenvalue weighted by atomic mass is 16.5.